The molecule has 0 aromatic heterocycles. The summed E-state index contributed by atoms with van der Waals surface area (Å²) < 4.78 is 0. The Bertz CT molecular complexity index is 1330. The lowest BCUT2D eigenvalue weighted by Gasteiger charge is -2.35. The summed E-state index contributed by atoms with van der Waals surface area (Å²) in [7, 11) is 5.82. The fourth-order valence-electron chi connectivity index (χ4n) is 4.97. The number of carbonyl (C=O) groups is 4. The van der Waals surface area contributed by atoms with Crippen LogP contribution < -0.4 is 20.2 Å². The molecule has 38 heavy (non-hydrogen) atoms. The largest absolute Gasteiger partial charge is 0.378 e. The van der Waals surface area contributed by atoms with Crippen LogP contribution in [0.15, 0.2) is 36.4 Å². The van der Waals surface area contributed by atoms with Gasteiger partial charge in [-0.05, 0) is 59.1 Å². The first-order valence-corrected chi connectivity index (χ1v) is 15.9. The molecule has 2 aliphatic rings. The highest BCUT2D eigenvalue weighted by Gasteiger charge is 2.40. The fourth-order valence-corrected chi connectivity index (χ4v) is 8.03. The molecule has 0 radical (unpaired) electrons. The zero-order valence-electron chi connectivity index (χ0n) is 23.0. The van der Waals surface area contributed by atoms with E-state index in [4.69, 9.17) is 4.84 Å². The van der Waals surface area contributed by atoms with Crippen molar-refractivity contribution in [2.24, 2.45) is 0 Å². The van der Waals surface area contributed by atoms with Gasteiger partial charge in [-0.2, -0.15) is 0 Å². The van der Waals surface area contributed by atoms with Crippen molar-refractivity contribution in [1.29, 1.82) is 0 Å². The lowest BCUT2D eigenvalue weighted by atomic mass is 9.95. The molecule has 0 atom stereocenters. The lowest BCUT2D eigenvalue weighted by molar-refractivity contribution is -0.197. The van der Waals surface area contributed by atoms with Gasteiger partial charge in [-0.25, -0.2) is 4.79 Å². The van der Waals surface area contributed by atoms with E-state index in [1.54, 1.807) is 0 Å². The van der Waals surface area contributed by atoms with Crippen LogP contribution in [0, 0.1) is 0 Å². The Kier molecular flexibility index (Phi) is 7.60. The maximum atomic E-state index is 13.8. The molecule has 200 valence electrons. The first kappa shape index (κ1) is 27.3. The second-order valence-corrected chi connectivity index (χ2v) is 15.1. The van der Waals surface area contributed by atoms with Crippen molar-refractivity contribution in [3.05, 3.63) is 53.1 Å². The summed E-state index contributed by atoms with van der Waals surface area (Å²) in [5.74, 6) is -1.53. The molecule has 0 N–H and O–H groups in total. The third kappa shape index (κ3) is 5.15. The molecule has 8 nitrogen and oxygen atoms in total. The summed E-state index contributed by atoms with van der Waals surface area (Å²) in [6.07, 6.45) is 5.22. The number of rotatable bonds is 8. The zero-order chi connectivity index (χ0) is 27.8. The first-order chi connectivity index (χ1) is 17.9. The third-order valence-electron chi connectivity index (χ3n) is 7.26. The van der Waals surface area contributed by atoms with Crippen LogP contribution in [-0.2, 0) is 19.2 Å². The van der Waals surface area contributed by atoms with Gasteiger partial charge in [-0.15, -0.1) is 5.06 Å². The number of benzene rings is 2. The predicted octanol–water partition coefficient (Wildman–Crippen LogP) is 2.98. The molecule has 1 saturated heterocycles. The van der Waals surface area contributed by atoms with Crippen molar-refractivity contribution in [2.75, 3.05) is 38.0 Å². The molecule has 2 heterocycles. The van der Waals surface area contributed by atoms with Crippen LogP contribution >= 0.6 is 0 Å². The van der Waals surface area contributed by atoms with E-state index in [9.17, 15) is 19.2 Å². The minimum Gasteiger partial charge on any atom is -0.378 e. The van der Waals surface area contributed by atoms with E-state index in [-0.39, 0.29) is 25.0 Å². The van der Waals surface area contributed by atoms with Crippen molar-refractivity contribution in [1.82, 2.24) is 5.06 Å². The molecular weight excluding hydrogens is 498 g/mol. The van der Waals surface area contributed by atoms with Gasteiger partial charge in [0.1, 0.15) is 8.07 Å². The van der Waals surface area contributed by atoms with Crippen molar-refractivity contribution >= 4 is 59.5 Å². The van der Waals surface area contributed by atoms with Gasteiger partial charge >= 0.3 is 5.97 Å². The van der Waals surface area contributed by atoms with E-state index in [1.807, 2.05) is 58.5 Å². The van der Waals surface area contributed by atoms with Gasteiger partial charge in [0.25, 0.3) is 11.8 Å². The highest BCUT2D eigenvalue weighted by atomic mass is 28.3. The molecule has 2 aromatic carbocycles. The SMILES string of the molecule is CN(C)c1ccc2c(c1)[Si](C)(C)c1cc(N(C)C)cc(/C=C/CCCC(=O)ON3C(=O)CCC3=O)c1C2=O. The van der Waals surface area contributed by atoms with Crippen molar-refractivity contribution in [3.63, 3.8) is 0 Å². The summed E-state index contributed by atoms with van der Waals surface area (Å²) in [5.41, 5.74) is 4.53. The number of amides is 2. The van der Waals surface area contributed by atoms with Gasteiger partial charge in [-0.3, -0.25) is 14.4 Å². The number of allylic oxidation sites excluding steroid dienone is 1. The number of imide groups is 1. The molecule has 2 amide bonds. The Morgan fingerprint density at radius 1 is 0.947 bits per heavy atom. The number of carbonyl (C=O) groups excluding carboxylic acids is 4. The number of hydrogen-bond donors (Lipinski definition) is 0. The number of anilines is 2. The van der Waals surface area contributed by atoms with Gasteiger partial charge < -0.3 is 14.6 Å². The Morgan fingerprint density at radius 2 is 1.58 bits per heavy atom. The highest BCUT2D eigenvalue weighted by molar-refractivity contribution is 7.02. The smallest absolute Gasteiger partial charge is 0.333 e. The number of fused-ring (bicyclic) bond motifs is 2. The number of ketones is 1. The average molecular weight is 534 g/mol. The minimum absolute atomic E-state index is 0.0422. The van der Waals surface area contributed by atoms with Crippen LogP contribution in [0.5, 0.6) is 0 Å². The third-order valence-corrected chi connectivity index (χ3v) is 10.8. The van der Waals surface area contributed by atoms with E-state index in [2.05, 4.69) is 35.0 Å². The molecule has 9 heteroatoms. The molecule has 2 aromatic rings. The molecule has 0 spiro atoms. The zero-order valence-corrected chi connectivity index (χ0v) is 24.0. The van der Waals surface area contributed by atoms with E-state index < -0.39 is 25.9 Å². The molecule has 0 saturated carbocycles. The van der Waals surface area contributed by atoms with Crippen molar-refractivity contribution in [2.45, 2.75) is 45.2 Å². The molecule has 0 bridgehead atoms. The summed E-state index contributed by atoms with van der Waals surface area (Å²) in [5, 5.41) is 2.86. The van der Waals surface area contributed by atoms with Crippen LogP contribution in [0.4, 0.5) is 11.4 Å². The lowest BCUT2D eigenvalue weighted by Crippen LogP contribution is -2.60. The maximum absolute atomic E-state index is 13.8. The topological polar surface area (TPSA) is 87.2 Å². The summed E-state index contributed by atoms with van der Waals surface area (Å²) in [4.78, 5) is 58.2. The molecular formula is C29H35N3O5Si. The predicted molar refractivity (Wildman–Crippen MR) is 152 cm³/mol. The number of hydrogen-bond acceptors (Lipinski definition) is 7. The van der Waals surface area contributed by atoms with Crippen molar-refractivity contribution < 1.29 is 24.0 Å². The van der Waals surface area contributed by atoms with Crippen LogP contribution in [0.25, 0.3) is 6.08 Å². The average Bonchev–Trinajstić information content (AvgIpc) is 3.18. The van der Waals surface area contributed by atoms with E-state index in [0.29, 0.717) is 17.9 Å². The van der Waals surface area contributed by atoms with Crippen LogP contribution in [-0.4, -0.2) is 64.9 Å². The number of nitrogens with zero attached hydrogens (tertiary/aromatic N) is 3. The Morgan fingerprint density at radius 3 is 2.21 bits per heavy atom. The first-order valence-electron chi connectivity index (χ1n) is 12.9. The normalized spacial score (nSPS) is 16.1. The molecule has 1 fully saturated rings. The van der Waals surface area contributed by atoms with Gasteiger partial charge in [0.2, 0.25) is 0 Å². The monoisotopic (exact) mass is 533 g/mol. The Balaban J connectivity index is 1.56. The van der Waals surface area contributed by atoms with Crippen LogP contribution in [0.1, 0.15) is 53.6 Å². The Labute approximate surface area is 224 Å². The number of hydroxylamine groups is 2. The van der Waals surface area contributed by atoms with Gasteiger partial charge in [0, 0.05) is 70.0 Å². The van der Waals surface area contributed by atoms with Crippen molar-refractivity contribution in [3.8, 4) is 0 Å². The second-order valence-electron chi connectivity index (χ2n) is 10.8. The van der Waals surface area contributed by atoms with Gasteiger partial charge in [0.15, 0.2) is 5.78 Å². The Hall–Kier alpha value is -3.72. The fraction of sp³-hybridized carbons (Fsp3) is 0.379. The van der Waals surface area contributed by atoms with E-state index in [1.165, 1.54) is 0 Å². The summed E-state index contributed by atoms with van der Waals surface area (Å²) in [6.45, 7) is 4.59. The molecule has 0 aliphatic carbocycles. The minimum atomic E-state index is -2.19. The summed E-state index contributed by atoms with van der Waals surface area (Å²) in [6, 6.07) is 10.3. The highest BCUT2D eigenvalue weighted by Crippen LogP contribution is 2.29. The second kappa shape index (κ2) is 10.6. The maximum Gasteiger partial charge on any atom is 0.333 e. The summed E-state index contributed by atoms with van der Waals surface area (Å²) >= 11 is 0. The molecule has 4 rings (SSSR count). The molecule has 0 unspecified atom stereocenters. The van der Waals surface area contributed by atoms with E-state index in [0.717, 1.165) is 38.4 Å². The van der Waals surface area contributed by atoms with Crippen LogP contribution in [0.3, 0.4) is 0 Å². The number of unbranched alkanes of at least 4 members (excludes halogenated alkanes) is 1. The van der Waals surface area contributed by atoms with Gasteiger partial charge in [-0.1, -0.05) is 25.2 Å². The quantitative estimate of drug-likeness (QED) is 0.293. The van der Waals surface area contributed by atoms with E-state index >= 15 is 0 Å². The van der Waals surface area contributed by atoms with Crippen LogP contribution in [0.2, 0.25) is 13.1 Å². The standard InChI is InChI=1S/C29H35N3O5Si/c1-30(2)20-12-13-22-23(17-20)38(5,6)24-18-21(31(3)4)16-19(28(24)29(22)36)10-8-7-9-11-27(35)37-32-25(33)14-15-26(32)34/h8,10,12-13,16-18H,7,9,11,14-15H2,1-6H3/b10-8+. The molecule has 2 aliphatic heterocycles. The van der Waals surface area contributed by atoms with Gasteiger partial charge in [0.05, 0.1) is 0 Å².